The Morgan fingerprint density at radius 3 is 3.19 bits per heavy atom. The van der Waals surface area contributed by atoms with Crippen molar-refractivity contribution in [1.82, 2.24) is 4.90 Å². The zero-order valence-corrected chi connectivity index (χ0v) is 12.7. The molecule has 4 nitrogen and oxygen atoms in total. The maximum atomic E-state index is 12.7. The standard InChI is InChI=1S/C17H24N2O2/c1-2-21-15-6-4-10-19(12-15)17(20)14-7-8-16-13(11-14)5-3-9-18-16/h7-8,11,15,18H,2-6,9-10,12H2,1H3. The van der Waals surface area contributed by atoms with Gasteiger partial charge in [-0.05, 0) is 56.4 Å². The molecule has 1 aromatic carbocycles. The van der Waals surface area contributed by atoms with E-state index in [9.17, 15) is 4.79 Å². The third-order valence-electron chi connectivity index (χ3n) is 4.36. The van der Waals surface area contributed by atoms with E-state index in [1.165, 1.54) is 11.3 Å². The average Bonchev–Trinajstić information content (AvgIpc) is 2.54. The van der Waals surface area contributed by atoms with E-state index in [2.05, 4.69) is 11.4 Å². The highest BCUT2D eigenvalue weighted by molar-refractivity contribution is 5.95. The van der Waals surface area contributed by atoms with Crippen molar-refractivity contribution in [2.45, 2.75) is 38.7 Å². The van der Waals surface area contributed by atoms with Crippen LogP contribution in [-0.4, -0.2) is 43.2 Å². The Balaban J connectivity index is 1.72. The molecule has 1 amide bonds. The van der Waals surface area contributed by atoms with Gasteiger partial charge in [-0.2, -0.15) is 0 Å². The molecule has 1 N–H and O–H groups in total. The lowest BCUT2D eigenvalue weighted by Crippen LogP contribution is -2.43. The Kier molecular flexibility index (Phi) is 4.44. The van der Waals surface area contributed by atoms with Crippen LogP contribution in [0, 0.1) is 0 Å². The van der Waals surface area contributed by atoms with Crippen LogP contribution in [0.3, 0.4) is 0 Å². The van der Waals surface area contributed by atoms with E-state index >= 15 is 0 Å². The van der Waals surface area contributed by atoms with Gasteiger partial charge in [0, 0.05) is 37.5 Å². The Labute approximate surface area is 126 Å². The van der Waals surface area contributed by atoms with Crippen molar-refractivity contribution < 1.29 is 9.53 Å². The number of nitrogens with one attached hydrogen (secondary N) is 1. The minimum Gasteiger partial charge on any atom is -0.385 e. The molecule has 21 heavy (non-hydrogen) atoms. The Morgan fingerprint density at radius 1 is 1.43 bits per heavy atom. The van der Waals surface area contributed by atoms with Crippen LogP contribution >= 0.6 is 0 Å². The number of hydrogen-bond acceptors (Lipinski definition) is 3. The molecule has 0 radical (unpaired) electrons. The van der Waals surface area contributed by atoms with E-state index in [0.29, 0.717) is 0 Å². The average molecular weight is 288 g/mol. The van der Waals surface area contributed by atoms with Crippen molar-refractivity contribution in [3.05, 3.63) is 29.3 Å². The zero-order chi connectivity index (χ0) is 14.7. The fraction of sp³-hybridized carbons (Fsp3) is 0.588. The van der Waals surface area contributed by atoms with Gasteiger partial charge in [-0.25, -0.2) is 0 Å². The quantitative estimate of drug-likeness (QED) is 0.930. The van der Waals surface area contributed by atoms with Crippen molar-refractivity contribution in [2.75, 3.05) is 31.6 Å². The first-order valence-electron chi connectivity index (χ1n) is 8.05. The molecule has 0 aliphatic carbocycles. The second kappa shape index (κ2) is 6.48. The molecular weight excluding hydrogens is 264 g/mol. The fourth-order valence-electron chi connectivity index (χ4n) is 3.28. The highest BCUT2D eigenvalue weighted by atomic mass is 16.5. The largest absolute Gasteiger partial charge is 0.385 e. The Hall–Kier alpha value is -1.55. The summed E-state index contributed by atoms with van der Waals surface area (Å²) in [4.78, 5) is 14.6. The van der Waals surface area contributed by atoms with Crippen molar-refractivity contribution in [2.24, 2.45) is 0 Å². The van der Waals surface area contributed by atoms with Gasteiger partial charge in [0.2, 0.25) is 0 Å². The molecule has 0 saturated carbocycles. The highest BCUT2D eigenvalue weighted by Gasteiger charge is 2.25. The number of hydrogen-bond donors (Lipinski definition) is 1. The van der Waals surface area contributed by atoms with Gasteiger partial charge >= 0.3 is 0 Å². The molecular formula is C17H24N2O2. The molecule has 1 unspecified atom stereocenters. The number of nitrogens with zero attached hydrogens (tertiary/aromatic N) is 1. The predicted molar refractivity (Wildman–Crippen MR) is 83.8 cm³/mol. The van der Waals surface area contributed by atoms with Crippen LogP contribution in [0.15, 0.2) is 18.2 Å². The summed E-state index contributed by atoms with van der Waals surface area (Å²) in [5.41, 5.74) is 3.27. The van der Waals surface area contributed by atoms with Crippen LogP contribution in [0.1, 0.15) is 42.1 Å². The van der Waals surface area contributed by atoms with Crippen molar-refractivity contribution in [3.63, 3.8) is 0 Å². The number of carbonyl (C=O) groups is 1. The normalized spacial score (nSPS) is 21.6. The molecule has 1 aromatic rings. The lowest BCUT2D eigenvalue weighted by Gasteiger charge is -2.32. The minimum absolute atomic E-state index is 0.146. The van der Waals surface area contributed by atoms with E-state index in [0.717, 1.165) is 57.5 Å². The van der Waals surface area contributed by atoms with Gasteiger partial charge in [0.25, 0.3) is 5.91 Å². The van der Waals surface area contributed by atoms with Crippen LogP contribution in [0.2, 0.25) is 0 Å². The summed E-state index contributed by atoms with van der Waals surface area (Å²) in [6, 6.07) is 6.06. The SMILES string of the molecule is CCOC1CCCN(C(=O)c2ccc3c(c2)CCCN3)C1. The second-order valence-electron chi connectivity index (χ2n) is 5.87. The van der Waals surface area contributed by atoms with Crippen LogP contribution in [0.4, 0.5) is 5.69 Å². The lowest BCUT2D eigenvalue weighted by atomic mass is 9.99. The number of amides is 1. The topological polar surface area (TPSA) is 41.6 Å². The molecule has 1 saturated heterocycles. The summed E-state index contributed by atoms with van der Waals surface area (Å²) >= 11 is 0. The number of carbonyl (C=O) groups excluding carboxylic acids is 1. The van der Waals surface area contributed by atoms with Gasteiger partial charge < -0.3 is 15.0 Å². The molecule has 3 rings (SSSR count). The molecule has 4 heteroatoms. The van der Waals surface area contributed by atoms with Crippen molar-refractivity contribution >= 4 is 11.6 Å². The molecule has 0 spiro atoms. The third-order valence-corrected chi connectivity index (χ3v) is 4.36. The van der Waals surface area contributed by atoms with Gasteiger partial charge in [-0.15, -0.1) is 0 Å². The summed E-state index contributed by atoms with van der Waals surface area (Å²) < 4.78 is 5.69. The monoisotopic (exact) mass is 288 g/mol. The first-order chi connectivity index (χ1) is 10.3. The molecule has 1 atom stereocenters. The third kappa shape index (κ3) is 3.21. The van der Waals surface area contributed by atoms with Crippen LogP contribution in [0.5, 0.6) is 0 Å². The first kappa shape index (κ1) is 14.4. The summed E-state index contributed by atoms with van der Waals surface area (Å²) in [6.45, 7) is 5.33. The summed E-state index contributed by atoms with van der Waals surface area (Å²) in [6.07, 6.45) is 4.49. The van der Waals surface area contributed by atoms with Crippen molar-refractivity contribution in [1.29, 1.82) is 0 Å². The van der Waals surface area contributed by atoms with Crippen LogP contribution in [-0.2, 0) is 11.2 Å². The van der Waals surface area contributed by atoms with E-state index in [1.807, 2.05) is 24.0 Å². The number of benzene rings is 1. The fourth-order valence-corrected chi connectivity index (χ4v) is 3.28. The molecule has 2 heterocycles. The number of likely N-dealkylation sites (tertiary alicyclic amines) is 1. The zero-order valence-electron chi connectivity index (χ0n) is 12.7. The van der Waals surface area contributed by atoms with Gasteiger partial charge in [-0.1, -0.05) is 0 Å². The lowest BCUT2D eigenvalue weighted by molar-refractivity contribution is 0.00724. The molecule has 0 aromatic heterocycles. The number of fused-ring (bicyclic) bond motifs is 1. The molecule has 1 fully saturated rings. The van der Waals surface area contributed by atoms with Gasteiger partial charge in [0.1, 0.15) is 0 Å². The Morgan fingerprint density at radius 2 is 2.33 bits per heavy atom. The molecule has 2 aliphatic heterocycles. The van der Waals surface area contributed by atoms with E-state index in [4.69, 9.17) is 4.74 Å². The summed E-state index contributed by atoms with van der Waals surface area (Å²) in [5.74, 6) is 0.146. The van der Waals surface area contributed by atoms with Gasteiger partial charge in [0.15, 0.2) is 0 Å². The second-order valence-corrected chi connectivity index (χ2v) is 5.87. The Bertz CT molecular complexity index is 514. The molecule has 0 bridgehead atoms. The molecule has 2 aliphatic rings. The highest BCUT2D eigenvalue weighted by Crippen LogP contribution is 2.24. The van der Waals surface area contributed by atoms with Gasteiger partial charge in [0.05, 0.1) is 6.10 Å². The number of rotatable bonds is 3. The maximum Gasteiger partial charge on any atom is 0.253 e. The van der Waals surface area contributed by atoms with E-state index < -0.39 is 0 Å². The number of anilines is 1. The first-order valence-corrected chi connectivity index (χ1v) is 8.05. The van der Waals surface area contributed by atoms with Crippen LogP contribution in [0.25, 0.3) is 0 Å². The number of piperidine rings is 1. The smallest absolute Gasteiger partial charge is 0.253 e. The summed E-state index contributed by atoms with van der Waals surface area (Å²) in [5, 5.41) is 3.39. The van der Waals surface area contributed by atoms with E-state index in [1.54, 1.807) is 0 Å². The summed E-state index contributed by atoms with van der Waals surface area (Å²) in [7, 11) is 0. The van der Waals surface area contributed by atoms with Crippen molar-refractivity contribution in [3.8, 4) is 0 Å². The minimum atomic E-state index is 0.146. The molecule has 114 valence electrons. The van der Waals surface area contributed by atoms with Gasteiger partial charge in [-0.3, -0.25) is 4.79 Å². The number of aryl methyl sites for hydroxylation is 1. The number of ether oxygens (including phenoxy) is 1. The predicted octanol–water partition coefficient (Wildman–Crippen LogP) is 2.69. The maximum absolute atomic E-state index is 12.7. The van der Waals surface area contributed by atoms with E-state index in [-0.39, 0.29) is 12.0 Å². The van der Waals surface area contributed by atoms with Crippen LogP contribution < -0.4 is 5.32 Å².